The predicted molar refractivity (Wildman–Crippen MR) is 113 cm³/mol. The fraction of sp³-hybridized carbons (Fsp3) is 0.217. The van der Waals surface area contributed by atoms with Gasteiger partial charge in [-0.05, 0) is 24.5 Å². The summed E-state index contributed by atoms with van der Waals surface area (Å²) in [5, 5.41) is 2.76. The van der Waals surface area contributed by atoms with Crippen LogP contribution in [0.2, 0.25) is 0 Å². The normalized spacial score (nSPS) is 13.1. The number of hydrogen-bond donors (Lipinski definition) is 2. The van der Waals surface area contributed by atoms with Gasteiger partial charge in [0.15, 0.2) is 17.3 Å². The number of nitrogens with two attached hydrogens (primary N) is 1. The SMILES string of the molecule is Nc1ncc(-c2ccc(C(=O)CCC3CC3)cc2)nc1C(=O)Nc1ccccc1. The molecule has 4 rings (SSSR count). The topological polar surface area (TPSA) is 98.0 Å². The first-order valence-corrected chi connectivity index (χ1v) is 9.72. The van der Waals surface area contributed by atoms with Crippen LogP contribution in [0, 0.1) is 5.92 Å². The Balaban J connectivity index is 1.50. The number of nitrogens with one attached hydrogen (secondary N) is 1. The van der Waals surface area contributed by atoms with Gasteiger partial charge in [0.2, 0.25) is 0 Å². The van der Waals surface area contributed by atoms with Gasteiger partial charge >= 0.3 is 0 Å². The van der Waals surface area contributed by atoms with Gasteiger partial charge in [-0.2, -0.15) is 0 Å². The van der Waals surface area contributed by atoms with Crippen molar-refractivity contribution in [3.8, 4) is 11.3 Å². The van der Waals surface area contributed by atoms with Gasteiger partial charge in [0, 0.05) is 23.2 Å². The number of aromatic nitrogens is 2. The maximum absolute atomic E-state index is 12.6. The monoisotopic (exact) mass is 386 g/mol. The Morgan fingerprint density at radius 1 is 1.03 bits per heavy atom. The third-order valence-corrected chi connectivity index (χ3v) is 5.03. The lowest BCUT2D eigenvalue weighted by molar-refractivity contribution is 0.0976. The Morgan fingerprint density at radius 2 is 1.76 bits per heavy atom. The second kappa shape index (κ2) is 8.22. The zero-order chi connectivity index (χ0) is 20.2. The number of carbonyl (C=O) groups is 2. The molecule has 3 N–H and O–H groups in total. The number of amides is 1. The molecule has 6 nitrogen and oxygen atoms in total. The van der Waals surface area contributed by atoms with E-state index in [4.69, 9.17) is 5.73 Å². The molecule has 0 aliphatic heterocycles. The highest BCUT2D eigenvalue weighted by Crippen LogP contribution is 2.34. The molecular weight excluding hydrogens is 364 g/mol. The minimum absolute atomic E-state index is 0.0639. The summed E-state index contributed by atoms with van der Waals surface area (Å²) in [6, 6.07) is 16.3. The fourth-order valence-corrected chi connectivity index (χ4v) is 3.13. The number of benzene rings is 2. The highest BCUT2D eigenvalue weighted by atomic mass is 16.2. The molecule has 1 aliphatic rings. The summed E-state index contributed by atoms with van der Waals surface area (Å²) in [5.74, 6) is 0.544. The van der Waals surface area contributed by atoms with Gasteiger partial charge in [-0.1, -0.05) is 55.3 Å². The number of anilines is 2. The zero-order valence-corrected chi connectivity index (χ0v) is 16.0. The van der Waals surface area contributed by atoms with Gasteiger partial charge < -0.3 is 11.1 Å². The van der Waals surface area contributed by atoms with Gasteiger partial charge in [-0.15, -0.1) is 0 Å². The zero-order valence-electron chi connectivity index (χ0n) is 16.0. The molecule has 0 bridgehead atoms. The highest BCUT2D eigenvalue weighted by molar-refractivity contribution is 6.06. The second-order valence-corrected chi connectivity index (χ2v) is 7.29. The van der Waals surface area contributed by atoms with E-state index in [9.17, 15) is 9.59 Å². The summed E-state index contributed by atoms with van der Waals surface area (Å²) in [6.45, 7) is 0. The van der Waals surface area contributed by atoms with Crippen molar-refractivity contribution in [2.24, 2.45) is 5.92 Å². The van der Waals surface area contributed by atoms with E-state index < -0.39 is 5.91 Å². The average molecular weight is 386 g/mol. The maximum Gasteiger partial charge on any atom is 0.278 e. The largest absolute Gasteiger partial charge is 0.382 e. The third kappa shape index (κ3) is 4.66. The summed E-state index contributed by atoms with van der Waals surface area (Å²) >= 11 is 0. The van der Waals surface area contributed by atoms with Gasteiger partial charge in [0.25, 0.3) is 5.91 Å². The molecule has 0 spiro atoms. The smallest absolute Gasteiger partial charge is 0.278 e. The predicted octanol–water partition coefficient (Wildman–Crippen LogP) is 4.35. The Hall–Kier alpha value is -3.54. The van der Waals surface area contributed by atoms with Crippen LogP contribution in [-0.2, 0) is 0 Å². The molecule has 0 radical (unpaired) electrons. The van der Waals surface area contributed by atoms with Gasteiger partial charge in [0.1, 0.15) is 0 Å². The van der Waals surface area contributed by atoms with Crippen LogP contribution in [-0.4, -0.2) is 21.7 Å². The fourth-order valence-electron chi connectivity index (χ4n) is 3.13. The minimum atomic E-state index is -0.421. The molecule has 0 atom stereocenters. The molecule has 2 aromatic carbocycles. The van der Waals surface area contributed by atoms with Gasteiger partial charge in [-0.3, -0.25) is 9.59 Å². The van der Waals surface area contributed by atoms with Crippen LogP contribution in [0.15, 0.2) is 60.8 Å². The first kappa shape index (κ1) is 18.8. The molecule has 29 heavy (non-hydrogen) atoms. The first-order chi connectivity index (χ1) is 14.1. The van der Waals surface area contributed by atoms with Crippen molar-refractivity contribution < 1.29 is 9.59 Å². The summed E-state index contributed by atoms with van der Waals surface area (Å²) in [4.78, 5) is 33.4. The summed E-state index contributed by atoms with van der Waals surface area (Å²) in [7, 11) is 0. The Bertz CT molecular complexity index is 1030. The van der Waals surface area contributed by atoms with E-state index in [2.05, 4.69) is 15.3 Å². The van der Waals surface area contributed by atoms with Gasteiger partial charge in [-0.25, -0.2) is 9.97 Å². The average Bonchev–Trinajstić information content (AvgIpc) is 3.58. The number of ketones is 1. The van der Waals surface area contributed by atoms with Crippen molar-refractivity contribution >= 4 is 23.2 Å². The van der Waals surface area contributed by atoms with E-state index in [1.807, 2.05) is 30.3 Å². The van der Waals surface area contributed by atoms with E-state index in [1.165, 1.54) is 19.0 Å². The molecule has 3 aromatic rings. The summed E-state index contributed by atoms with van der Waals surface area (Å²) < 4.78 is 0. The highest BCUT2D eigenvalue weighted by Gasteiger charge is 2.22. The molecule has 1 fully saturated rings. The van der Waals surface area contributed by atoms with Crippen molar-refractivity contribution in [2.75, 3.05) is 11.1 Å². The molecule has 6 heteroatoms. The molecule has 1 heterocycles. The van der Waals surface area contributed by atoms with Crippen molar-refractivity contribution in [2.45, 2.75) is 25.7 Å². The molecule has 146 valence electrons. The van der Waals surface area contributed by atoms with Crippen LogP contribution in [0.5, 0.6) is 0 Å². The number of rotatable bonds is 7. The molecule has 1 aliphatic carbocycles. The first-order valence-electron chi connectivity index (χ1n) is 9.72. The maximum atomic E-state index is 12.6. The Kier molecular flexibility index (Phi) is 5.33. The molecule has 1 amide bonds. The van der Waals surface area contributed by atoms with E-state index in [1.54, 1.807) is 24.3 Å². The minimum Gasteiger partial charge on any atom is -0.382 e. The number of para-hydroxylation sites is 1. The molecule has 1 aromatic heterocycles. The third-order valence-electron chi connectivity index (χ3n) is 5.03. The number of nitrogen functional groups attached to an aromatic ring is 1. The standard InChI is InChI=1S/C23H22N4O2/c24-22-21(23(29)26-18-4-2-1-3-5-18)27-19(14-25-22)16-9-11-17(12-10-16)20(28)13-8-15-6-7-15/h1-5,9-12,14-15H,6-8,13H2,(H2,24,25)(H,26,29). The van der Waals surface area contributed by atoms with Crippen LogP contribution >= 0.6 is 0 Å². The summed E-state index contributed by atoms with van der Waals surface area (Å²) in [6.07, 6.45) is 5.60. The lowest BCUT2D eigenvalue weighted by atomic mass is 10.0. The number of carbonyl (C=O) groups excluding carboxylic acids is 2. The molecular formula is C23H22N4O2. The molecule has 1 saturated carbocycles. The van der Waals surface area contributed by atoms with Crippen LogP contribution in [0.3, 0.4) is 0 Å². The molecule has 0 saturated heterocycles. The number of hydrogen-bond acceptors (Lipinski definition) is 5. The lowest BCUT2D eigenvalue weighted by Gasteiger charge is -2.09. The Labute approximate surface area is 169 Å². The van der Waals surface area contributed by atoms with Gasteiger partial charge in [0.05, 0.1) is 11.9 Å². The quantitative estimate of drug-likeness (QED) is 0.588. The van der Waals surface area contributed by atoms with E-state index >= 15 is 0 Å². The van der Waals surface area contributed by atoms with Crippen LogP contribution in [0.4, 0.5) is 11.5 Å². The van der Waals surface area contributed by atoms with Crippen LogP contribution in [0.1, 0.15) is 46.5 Å². The van der Waals surface area contributed by atoms with Crippen molar-refractivity contribution in [3.05, 3.63) is 72.1 Å². The molecule has 0 unspecified atom stereocenters. The number of Topliss-reactive ketones (excluding diaryl/α,β-unsaturated/α-hetero) is 1. The van der Waals surface area contributed by atoms with Crippen molar-refractivity contribution in [1.82, 2.24) is 9.97 Å². The van der Waals surface area contributed by atoms with Crippen molar-refractivity contribution in [1.29, 1.82) is 0 Å². The number of nitrogens with zero attached hydrogens (tertiary/aromatic N) is 2. The summed E-state index contributed by atoms with van der Waals surface area (Å²) in [5.41, 5.74) is 8.57. The van der Waals surface area contributed by atoms with Crippen LogP contribution < -0.4 is 11.1 Å². The lowest BCUT2D eigenvalue weighted by Crippen LogP contribution is -2.17. The van der Waals surface area contributed by atoms with E-state index in [-0.39, 0.29) is 17.3 Å². The van der Waals surface area contributed by atoms with Crippen LogP contribution in [0.25, 0.3) is 11.3 Å². The second-order valence-electron chi connectivity index (χ2n) is 7.29. The Morgan fingerprint density at radius 3 is 2.45 bits per heavy atom. The van der Waals surface area contributed by atoms with E-state index in [0.29, 0.717) is 23.4 Å². The van der Waals surface area contributed by atoms with E-state index in [0.717, 1.165) is 17.9 Å². The van der Waals surface area contributed by atoms with Crippen molar-refractivity contribution in [3.63, 3.8) is 0 Å².